The lowest BCUT2D eigenvalue weighted by Gasteiger charge is -2.38. The maximum Gasteiger partial charge on any atom is 0.244 e. The van der Waals surface area contributed by atoms with Gasteiger partial charge in [0.25, 0.3) is 0 Å². The fourth-order valence-electron chi connectivity index (χ4n) is 5.11. The Hall–Kier alpha value is -2.36. The average molecular weight is 499 g/mol. The zero-order valence-corrected chi connectivity index (χ0v) is 22.0. The van der Waals surface area contributed by atoms with Crippen molar-refractivity contribution in [1.82, 2.24) is 24.5 Å². The second kappa shape index (κ2) is 12.1. The molecule has 0 radical (unpaired) electrons. The van der Waals surface area contributed by atoms with Crippen molar-refractivity contribution in [2.24, 2.45) is 5.92 Å². The van der Waals surface area contributed by atoms with Crippen molar-refractivity contribution in [3.63, 3.8) is 0 Å². The zero-order valence-electron chi connectivity index (χ0n) is 21.2. The van der Waals surface area contributed by atoms with Crippen LogP contribution in [0.25, 0.3) is 11.3 Å². The quantitative estimate of drug-likeness (QED) is 0.421. The number of aryl methyl sites for hydroxylation is 1. The van der Waals surface area contributed by atoms with Gasteiger partial charge in [0.1, 0.15) is 18.5 Å². The summed E-state index contributed by atoms with van der Waals surface area (Å²) in [5.41, 5.74) is 4.08. The minimum absolute atomic E-state index is 0.123. The lowest BCUT2D eigenvalue weighted by molar-refractivity contribution is -0.133. The second-order valence-electron chi connectivity index (χ2n) is 9.61. The summed E-state index contributed by atoms with van der Waals surface area (Å²) in [6.07, 6.45) is 7.32. The Balaban J connectivity index is 1.30. The van der Waals surface area contributed by atoms with E-state index in [0.717, 1.165) is 81.9 Å². The van der Waals surface area contributed by atoms with Gasteiger partial charge in [-0.05, 0) is 62.7 Å². The summed E-state index contributed by atoms with van der Waals surface area (Å²) in [5.74, 6) is 0.814. The van der Waals surface area contributed by atoms with E-state index in [2.05, 4.69) is 46.5 Å². The highest BCUT2D eigenvalue weighted by Gasteiger charge is 2.26. The summed E-state index contributed by atoms with van der Waals surface area (Å²) in [7, 11) is 1.89. The van der Waals surface area contributed by atoms with E-state index in [4.69, 9.17) is 5.10 Å². The minimum atomic E-state index is 0.123. The third kappa shape index (κ3) is 6.45. The number of aldehydes is 1. The topological polar surface area (TPSA) is 73.7 Å². The predicted octanol–water partition coefficient (Wildman–Crippen LogP) is 2.68. The summed E-state index contributed by atoms with van der Waals surface area (Å²) >= 11 is 1.71. The number of thioether (sulfide) groups is 1. The monoisotopic (exact) mass is 498 g/mol. The van der Waals surface area contributed by atoms with Gasteiger partial charge in [-0.1, -0.05) is 6.07 Å². The largest absolute Gasteiger partial charge is 0.385 e. The molecule has 0 unspecified atom stereocenters. The van der Waals surface area contributed by atoms with Crippen LogP contribution in [-0.2, 0) is 16.1 Å². The molecule has 2 aromatic rings. The van der Waals surface area contributed by atoms with Crippen molar-refractivity contribution < 1.29 is 9.59 Å². The highest BCUT2D eigenvalue weighted by Crippen LogP contribution is 2.32. The SMILES string of the molecule is CNc1cn(CC(=O)N2CCN(CC3CCN(CC=O)CC3)CC2)nc1-c1cc(SC)ccc1C. The van der Waals surface area contributed by atoms with Gasteiger partial charge in [-0.2, -0.15) is 5.10 Å². The van der Waals surface area contributed by atoms with Crippen LogP contribution in [0.15, 0.2) is 29.3 Å². The molecule has 3 heterocycles. The van der Waals surface area contributed by atoms with E-state index >= 15 is 0 Å². The van der Waals surface area contributed by atoms with E-state index in [9.17, 15) is 9.59 Å². The van der Waals surface area contributed by atoms with Crippen LogP contribution in [0, 0.1) is 12.8 Å². The molecule has 1 amide bonds. The number of likely N-dealkylation sites (tertiary alicyclic amines) is 1. The first-order valence-corrected chi connectivity index (χ1v) is 13.8. The van der Waals surface area contributed by atoms with Gasteiger partial charge >= 0.3 is 0 Å². The number of carbonyl (C=O) groups excluding carboxylic acids is 2. The first-order valence-electron chi connectivity index (χ1n) is 12.6. The number of amides is 1. The van der Waals surface area contributed by atoms with E-state index in [1.807, 2.05) is 18.1 Å². The summed E-state index contributed by atoms with van der Waals surface area (Å²) in [6, 6.07) is 6.42. The van der Waals surface area contributed by atoms with Crippen molar-refractivity contribution in [2.75, 3.05) is 71.0 Å². The van der Waals surface area contributed by atoms with Crippen LogP contribution in [0.4, 0.5) is 5.69 Å². The van der Waals surface area contributed by atoms with Crippen LogP contribution in [-0.4, -0.2) is 102 Å². The third-order valence-corrected chi connectivity index (χ3v) is 8.03. The minimum Gasteiger partial charge on any atom is -0.385 e. The smallest absolute Gasteiger partial charge is 0.244 e. The molecule has 35 heavy (non-hydrogen) atoms. The normalized spacial score (nSPS) is 18.1. The van der Waals surface area contributed by atoms with E-state index in [-0.39, 0.29) is 12.5 Å². The molecular weight excluding hydrogens is 460 g/mol. The fourth-order valence-corrected chi connectivity index (χ4v) is 5.55. The van der Waals surface area contributed by atoms with Gasteiger partial charge in [-0.3, -0.25) is 19.3 Å². The van der Waals surface area contributed by atoms with Crippen LogP contribution < -0.4 is 5.32 Å². The summed E-state index contributed by atoms with van der Waals surface area (Å²) in [4.78, 5) is 31.7. The van der Waals surface area contributed by atoms with Crippen LogP contribution >= 0.6 is 11.8 Å². The van der Waals surface area contributed by atoms with E-state index in [1.54, 1.807) is 16.4 Å². The van der Waals surface area contributed by atoms with Crippen molar-refractivity contribution in [2.45, 2.75) is 31.2 Å². The first kappa shape index (κ1) is 25.7. The van der Waals surface area contributed by atoms with Crippen LogP contribution in [0.3, 0.4) is 0 Å². The van der Waals surface area contributed by atoms with E-state index < -0.39 is 0 Å². The Morgan fingerprint density at radius 1 is 1.14 bits per heavy atom. The fraction of sp³-hybridized carbons (Fsp3) is 0.577. The molecule has 0 saturated carbocycles. The molecule has 0 atom stereocenters. The van der Waals surface area contributed by atoms with Gasteiger partial charge in [0.15, 0.2) is 0 Å². The number of anilines is 1. The molecule has 2 aliphatic heterocycles. The highest BCUT2D eigenvalue weighted by atomic mass is 32.2. The standard InChI is InChI=1S/C26H38N6O2S/c1-20-4-5-22(35-3)16-23(20)26-24(27-2)18-32(28-26)19-25(34)31-12-10-30(11-13-31)17-21-6-8-29(9-7-21)14-15-33/h4-5,15-16,18,21,27H,6-14,17,19H2,1-3H3. The van der Waals surface area contributed by atoms with Gasteiger partial charge < -0.3 is 15.0 Å². The van der Waals surface area contributed by atoms with Gasteiger partial charge in [0, 0.05) is 56.4 Å². The second-order valence-corrected chi connectivity index (χ2v) is 10.5. The number of benzene rings is 1. The van der Waals surface area contributed by atoms with Crippen molar-refractivity contribution >= 4 is 29.6 Å². The molecule has 1 aromatic carbocycles. The number of rotatable bonds is 9. The lowest BCUT2D eigenvalue weighted by atomic mass is 9.96. The molecule has 2 saturated heterocycles. The summed E-state index contributed by atoms with van der Waals surface area (Å²) in [5, 5.41) is 8.04. The predicted molar refractivity (Wildman–Crippen MR) is 142 cm³/mol. The van der Waals surface area contributed by atoms with Gasteiger partial charge in [0.05, 0.1) is 12.2 Å². The molecule has 2 aliphatic rings. The van der Waals surface area contributed by atoms with Crippen LogP contribution in [0.5, 0.6) is 0 Å². The number of hydrogen-bond donors (Lipinski definition) is 1. The summed E-state index contributed by atoms with van der Waals surface area (Å²) < 4.78 is 1.77. The number of nitrogens with zero attached hydrogens (tertiary/aromatic N) is 5. The molecule has 4 rings (SSSR count). The molecule has 2 fully saturated rings. The molecule has 0 bridgehead atoms. The van der Waals surface area contributed by atoms with Crippen LogP contribution in [0.1, 0.15) is 18.4 Å². The van der Waals surface area contributed by atoms with Gasteiger partial charge in [-0.15, -0.1) is 11.8 Å². The molecule has 9 heteroatoms. The van der Waals surface area contributed by atoms with E-state index in [1.165, 1.54) is 10.5 Å². The van der Waals surface area contributed by atoms with Crippen LogP contribution in [0.2, 0.25) is 0 Å². The Labute approximate surface area is 213 Å². The highest BCUT2D eigenvalue weighted by molar-refractivity contribution is 7.98. The molecule has 1 N–H and O–H groups in total. The molecule has 1 aromatic heterocycles. The maximum absolute atomic E-state index is 13.1. The Kier molecular flexibility index (Phi) is 8.86. The van der Waals surface area contributed by atoms with Crippen molar-refractivity contribution in [3.8, 4) is 11.3 Å². The molecular formula is C26H38N6O2S. The average Bonchev–Trinajstić information content (AvgIpc) is 3.28. The Morgan fingerprint density at radius 3 is 2.54 bits per heavy atom. The molecule has 190 valence electrons. The zero-order chi connectivity index (χ0) is 24.8. The number of piperazine rings is 1. The molecule has 0 spiro atoms. The Morgan fingerprint density at radius 2 is 1.89 bits per heavy atom. The third-order valence-electron chi connectivity index (χ3n) is 7.31. The van der Waals surface area contributed by atoms with Gasteiger partial charge in [0.2, 0.25) is 5.91 Å². The van der Waals surface area contributed by atoms with Crippen molar-refractivity contribution in [1.29, 1.82) is 0 Å². The van der Waals surface area contributed by atoms with Crippen molar-refractivity contribution in [3.05, 3.63) is 30.0 Å². The number of nitrogens with one attached hydrogen (secondary N) is 1. The number of aromatic nitrogens is 2. The number of hydrogen-bond acceptors (Lipinski definition) is 7. The van der Waals surface area contributed by atoms with E-state index in [0.29, 0.717) is 12.5 Å². The maximum atomic E-state index is 13.1. The Bertz CT molecular complexity index is 1010. The number of carbonyl (C=O) groups is 2. The molecule has 0 aliphatic carbocycles. The first-order chi connectivity index (χ1) is 17.0. The lowest BCUT2D eigenvalue weighted by Crippen LogP contribution is -2.51. The number of piperidine rings is 1. The molecule has 8 nitrogen and oxygen atoms in total. The summed E-state index contributed by atoms with van der Waals surface area (Å²) in [6.45, 7) is 9.43. The van der Waals surface area contributed by atoms with Gasteiger partial charge in [-0.25, -0.2) is 0 Å².